The lowest BCUT2D eigenvalue weighted by Gasteiger charge is -2.36. The van der Waals surface area contributed by atoms with Crippen molar-refractivity contribution in [2.45, 2.75) is 57.7 Å². The molecule has 0 aromatic heterocycles. The number of hydrogen-bond donors (Lipinski definition) is 1. The molecule has 0 bridgehead atoms. The number of aromatic hydroxyl groups is 1. The van der Waals surface area contributed by atoms with Crippen LogP contribution in [0.1, 0.15) is 53.7 Å². The van der Waals surface area contributed by atoms with Gasteiger partial charge >= 0.3 is 0 Å². The normalized spacial score (nSPS) is 18.7. The van der Waals surface area contributed by atoms with Gasteiger partial charge in [0.15, 0.2) is 0 Å². The summed E-state index contributed by atoms with van der Waals surface area (Å²) >= 11 is 6.60. The first-order chi connectivity index (χ1) is 20.1. The highest BCUT2D eigenvalue weighted by atomic mass is 35.5. The molecule has 3 atom stereocenters. The van der Waals surface area contributed by atoms with Crippen LogP contribution < -0.4 is 4.74 Å². The van der Waals surface area contributed by atoms with E-state index in [9.17, 15) is 5.11 Å². The largest absolute Gasteiger partial charge is 0.508 e. The lowest BCUT2D eigenvalue weighted by molar-refractivity contribution is -0.142. The van der Waals surface area contributed by atoms with Gasteiger partial charge in [-0.3, -0.25) is 0 Å². The second-order valence-corrected chi connectivity index (χ2v) is 10.8. The number of ether oxygens (including phenoxy) is 4. The molecule has 0 radical (unpaired) electrons. The van der Waals surface area contributed by atoms with Crippen molar-refractivity contribution < 1.29 is 24.1 Å². The maximum absolute atomic E-state index is 11.0. The Hall–Kier alpha value is -3.35. The van der Waals surface area contributed by atoms with Crippen molar-refractivity contribution in [2.75, 3.05) is 13.2 Å². The van der Waals surface area contributed by atoms with Crippen LogP contribution in [0.15, 0.2) is 97.1 Å². The Morgan fingerprint density at radius 1 is 0.829 bits per heavy atom. The van der Waals surface area contributed by atoms with E-state index in [0.717, 1.165) is 33.6 Å². The average molecular weight is 573 g/mol. The van der Waals surface area contributed by atoms with E-state index >= 15 is 0 Å². The molecule has 0 aliphatic carbocycles. The minimum Gasteiger partial charge on any atom is -0.508 e. The van der Waals surface area contributed by atoms with E-state index in [1.54, 1.807) is 6.07 Å². The molecule has 214 valence electrons. The minimum absolute atomic E-state index is 0.0519. The third-order valence-corrected chi connectivity index (χ3v) is 7.63. The number of rotatable bonds is 12. The topological polar surface area (TPSA) is 57.2 Å². The fourth-order valence-electron chi connectivity index (χ4n) is 5.20. The molecule has 41 heavy (non-hydrogen) atoms. The molecule has 1 heterocycles. The highest BCUT2D eigenvalue weighted by molar-refractivity contribution is 6.31. The van der Waals surface area contributed by atoms with Crippen molar-refractivity contribution in [1.29, 1.82) is 0 Å². The van der Waals surface area contributed by atoms with Crippen LogP contribution in [-0.4, -0.2) is 30.5 Å². The van der Waals surface area contributed by atoms with Crippen LogP contribution in [0.25, 0.3) is 0 Å². The minimum atomic E-state index is -0.355. The van der Waals surface area contributed by atoms with Crippen LogP contribution in [0.4, 0.5) is 0 Å². The monoisotopic (exact) mass is 572 g/mol. The van der Waals surface area contributed by atoms with Crippen LogP contribution >= 0.6 is 11.6 Å². The van der Waals surface area contributed by atoms with E-state index < -0.39 is 0 Å². The van der Waals surface area contributed by atoms with Gasteiger partial charge in [-0.15, -0.1) is 0 Å². The molecule has 1 aliphatic rings. The fourth-order valence-corrected chi connectivity index (χ4v) is 5.42. The molecule has 1 fully saturated rings. The second kappa shape index (κ2) is 14.5. The molecule has 3 unspecified atom stereocenters. The van der Waals surface area contributed by atoms with E-state index in [-0.39, 0.29) is 24.1 Å². The molecule has 1 saturated heterocycles. The Morgan fingerprint density at radius 3 is 2.20 bits per heavy atom. The van der Waals surface area contributed by atoms with Crippen molar-refractivity contribution in [3.63, 3.8) is 0 Å². The Bertz CT molecular complexity index is 1360. The van der Waals surface area contributed by atoms with Gasteiger partial charge in [0, 0.05) is 23.4 Å². The Labute approximate surface area is 247 Å². The van der Waals surface area contributed by atoms with Gasteiger partial charge in [-0.2, -0.15) is 0 Å². The zero-order valence-corrected chi connectivity index (χ0v) is 24.1. The Balaban J connectivity index is 1.32. The quantitative estimate of drug-likeness (QED) is 0.186. The molecular formula is C35H37ClO5. The molecule has 4 aromatic carbocycles. The highest BCUT2D eigenvalue weighted by Gasteiger charge is 2.33. The van der Waals surface area contributed by atoms with E-state index in [4.69, 9.17) is 30.5 Å². The number of benzene rings is 4. The first-order valence-corrected chi connectivity index (χ1v) is 14.6. The molecule has 1 N–H and O–H groups in total. The SMILES string of the molecule is CCOc1ccc(Cc2cc(C3CC(OCc4ccccc4)CC(COCc4ccccc4)O3)c(O)cc2Cl)cc1. The Kier molecular flexibility index (Phi) is 10.3. The summed E-state index contributed by atoms with van der Waals surface area (Å²) in [4.78, 5) is 0. The smallest absolute Gasteiger partial charge is 0.122 e. The van der Waals surface area contributed by atoms with Crippen LogP contribution in [-0.2, 0) is 33.8 Å². The molecular weight excluding hydrogens is 536 g/mol. The average Bonchev–Trinajstić information content (AvgIpc) is 2.99. The zero-order chi connectivity index (χ0) is 28.4. The molecule has 5 rings (SSSR count). The maximum atomic E-state index is 11.0. The molecule has 1 aliphatic heterocycles. The third kappa shape index (κ3) is 8.34. The van der Waals surface area contributed by atoms with Crippen molar-refractivity contribution in [1.82, 2.24) is 0 Å². The molecule has 0 spiro atoms. The first-order valence-electron chi connectivity index (χ1n) is 14.2. The van der Waals surface area contributed by atoms with Gasteiger partial charge in [0.05, 0.1) is 44.7 Å². The van der Waals surface area contributed by atoms with Gasteiger partial charge in [-0.05, 0) is 59.9 Å². The van der Waals surface area contributed by atoms with Gasteiger partial charge in [-0.25, -0.2) is 0 Å². The molecule has 0 amide bonds. The molecule has 4 aromatic rings. The molecule has 0 saturated carbocycles. The zero-order valence-electron chi connectivity index (χ0n) is 23.4. The summed E-state index contributed by atoms with van der Waals surface area (Å²) in [5.74, 6) is 0.967. The van der Waals surface area contributed by atoms with Gasteiger partial charge in [0.2, 0.25) is 0 Å². The van der Waals surface area contributed by atoms with Crippen LogP contribution in [0.3, 0.4) is 0 Å². The van der Waals surface area contributed by atoms with Gasteiger partial charge in [0.1, 0.15) is 11.5 Å². The van der Waals surface area contributed by atoms with Crippen LogP contribution in [0.2, 0.25) is 5.02 Å². The van der Waals surface area contributed by atoms with Crippen molar-refractivity contribution in [3.05, 3.63) is 130 Å². The fraction of sp³-hybridized carbons (Fsp3) is 0.314. The number of hydrogen-bond acceptors (Lipinski definition) is 5. The summed E-state index contributed by atoms with van der Waals surface area (Å²) in [6.45, 7) is 4.06. The second-order valence-electron chi connectivity index (χ2n) is 10.4. The molecule has 5 nitrogen and oxygen atoms in total. The third-order valence-electron chi connectivity index (χ3n) is 7.27. The summed E-state index contributed by atoms with van der Waals surface area (Å²) in [6, 6.07) is 31.9. The van der Waals surface area contributed by atoms with Crippen molar-refractivity contribution in [2.24, 2.45) is 0 Å². The summed E-state index contributed by atoms with van der Waals surface area (Å²) in [6.07, 6.45) is 1.38. The summed E-state index contributed by atoms with van der Waals surface area (Å²) in [5.41, 5.74) is 4.99. The molecule has 6 heteroatoms. The maximum Gasteiger partial charge on any atom is 0.122 e. The van der Waals surface area contributed by atoms with Gasteiger partial charge in [-0.1, -0.05) is 84.4 Å². The lowest BCUT2D eigenvalue weighted by Crippen LogP contribution is -2.35. The van der Waals surface area contributed by atoms with E-state index in [1.165, 1.54) is 0 Å². The predicted molar refractivity (Wildman–Crippen MR) is 161 cm³/mol. The van der Waals surface area contributed by atoms with E-state index in [1.807, 2.05) is 85.8 Å². The van der Waals surface area contributed by atoms with Crippen molar-refractivity contribution >= 4 is 11.6 Å². The van der Waals surface area contributed by atoms with Gasteiger partial charge < -0.3 is 24.1 Å². The summed E-state index contributed by atoms with van der Waals surface area (Å²) in [7, 11) is 0. The van der Waals surface area contributed by atoms with E-state index in [0.29, 0.717) is 50.7 Å². The van der Waals surface area contributed by atoms with Crippen molar-refractivity contribution in [3.8, 4) is 11.5 Å². The first kappa shape index (κ1) is 29.2. The standard InChI is InChI=1S/C35H37ClO5/c1-2-39-29-15-13-25(14-16-29)17-28-18-32(34(37)21-33(28)36)35-20-30(40-23-27-11-7-4-8-12-27)19-31(41-35)24-38-22-26-9-5-3-6-10-26/h3-16,18,21,30-31,35,37H,2,17,19-20,22-24H2,1H3. The Morgan fingerprint density at radius 2 is 1.51 bits per heavy atom. The number of phenolic OH excluding ortho intramolecular Hbond substituents is 1. The predicted octanol–water partition coefficient (Wildman–Crippen LogP) is 8.06. The highest BCUT2D eigenvalue weighted by Crippen LogP contribution is 2.40. The van der Waals surface area contributed by atoms with Crippen LogP contribution in [0.5, 0.6) is 11.5 Å². The van der Waals surface area contributed by atoms with Crippen LogP contribution in [0, 0.1) is 0 Å². The number of phenols is 1. The van der Waals surface area contributed by atoms with Gasteiger partial charge in [0.25, 0.3) is 0 Å². The lowest BCUT2D eigenvalue weighted by atomic mass is 9.93. The van der Waals surface area contributed by atoms with E-state index in [2.05, 4.69) is 12.1 Å². The summed E-state index contributed by atoms with van der Waals surface area (Å²) < 4.78 is 24.5. The summed E-state index contributed by atoms with van der Waals surface area (Å²) in [5, 5.41) is 11.5. The number of halogens is 1.